The molecular weight excluding hydrogens is 248 g/mol. The second-order valence-corrected chi connectivity index (χ2v) is 4.58. The number of carbonyl (C=O) groups is 1. The zero-order valence-electron chi connectivity index (χ0n) is 9.00. The lowest BCUT2D eigenvalue weighted by atomic mass is 10.2. The highest BCUT2D eigenvalue weighted by atomic mass is 32.2. The van der Waals surface area contributed by atoms with Gasteiger partial charge in [-0.15, -0.1) is 0 Å². The summed E-state index contributed by atoms with van der Waals surface area (Å²) in [6.45, 7) is -0.00733. The minimum absolute atomic E-state index is 0.00733. The van der Waals surface area contributed by atoms with Crippen molar-refractivity contribution in [3.05, 3.63) is 29.8 Å². The maximum Gasteiger partial charge on any atom is 0.419 e. The molecule has 0 fully saturated rings. The molecule has 0 aliphatic rings. The summed E-state index contributed by atoms with van der Waals surface area (Å²) in [5, 5.41) is 8.27. The number of amides is 1. The van der Waals surface area contributed by atoms with E-state index in [0.717, 1.165) is 0 Å². The van der Waals surface area contributed by atoms with E-state index in [1.165, 1.54) is 11.8 Å². The third kappa shape index (κ3) is 4.70. The highest BCUT2D eigenvalue weighted by molar-refractivity contribution is 7.88. The Morgan fingerprint density at radius 1 is 1.35 bits per heavy atom. The van der Waals surface area contributed by atoms with Crippen molar-refractivity contribution in [2.24, 2.45) is 0 Å². The maximum absolute atomic E-state index is 11.1. The van der Waals surface area contributed by atoms with Gasteiger partial charge in [-0.3, -0.25) is 0 Å². The van der Waals surface area contributed by atoms with Crippen molar-refractivity contribution in [1.82, 2.24) is 9.44 Å². The normalized spacial score (nSPS) is 10.9. The molecule has 1 amide bonds. The summed E-state index contributed by atoms with van der Waals surface area (Å²) in [6, 6.07) is 6.69. The molecule has 0 aliphatic carbocycles. The number of ether oxygens (including phenoxy) is 1. The quantitative estimate of drug-likeness (QED) is 0.706. The zero-order valence-corrected chi connectivity index (χ0v) is 9.82. The summed E-state index contributed by atoms with van der Waals surface area (Å²) in [5.74, 6) is 0.653. The molecule has 0 heterocycles. The number of rotatable bonds is 5. The lowest BCUT2D eigenvalue weighted by Crippen LogP contribution is -2.39. The standard InChI is InChI=1S/C9H12N2O5S/c1-16-8-4-2-7(3-5-8)6-10-17(14,15)11-9(12)13/h2-5,10-11H,6H2,1H3,(H,12,13). The smallest absolute Gasteiger partial charge is 0.419 e. The summed E-state index contributed by atoms with van der Waals surface area (Å²) < 4.78 is 30.6. The van der Waals surface area contributed by atoms with Gasteiger partial charge in [-0.25, -0.2) is 9.52 Å². The minimum Gasteiger partial charge on any atom is -0.497 e. The molecule has 0 atom stereocenters. The molecule has 3 N–H and O–H groups in total. The van der Waals surface area contributed by atoms with Gasteiger partial charge in [-0.05, 0) is 17.7 Å². The number of nitrogens with one attached hydrogen (secondary N) is 2. The first-order valence-electron chi connectivity index (χ1n) is 4.56. The van der Waals surface area contributed by atoms with Gasteiger partial charge in [0.05, 0.1) is 7.11 Å². The summed E-state index contributed by atoms with van der Waals surface area (Å²) in [5.41, 5.74) is 0.682. The Kier molecular flexibility index (Phi) is 4.30. The Morgan fingerprint density at radius 3 is 2.41 bits per heavy atom. The molecule has 17 heavy (non-hydrogen) atoms. The van der Waals surface area contributed by atoms with E-state index in [1.54, 1.807) is 24.3 Å². The number of hydrogen-bond donors (Lipinski definition) is 3. The van der Waals surface area contributed by atoms with Crippen LogP contribution in [0.15, 0.2) is 24.3 Å². The van der Waals surface area contributed by atoms with Crippen LogP contribution in [-0.2, 0) is 16.8 Å². The minimum atomic E-state index is -4.03. The average molecular weight is 260 g/mol. The molecule has 0 bridgehead atoms. The lowest BCUT2D eigenvalue weighted by molar-refractivity contribution is 0.201. The molecule has 0 aromatic heterocycles. The van der Waals surface area contributed by atoms with Crippen LogP contribution in [0.25, 0.3) is 0 Å². The van der Waals surface area contributed by atoms with Crippen LogP contribution < -0.4 is 14.2 Å². The van der Waals surface area contributed by atoms with Gasteiger partial charge in [-0.2, -0.15) is 13.1 Å². The Morgan fingerprint density at radius 2 is 1.94 bits per heavy atom. The molecule has 0 unspecified atom stereocenters. The van der Waals surface area contributed by atoms with Gasteiger partial charge in [0.15, 0.2) is 0 Å². The van der Waals surface area contributed by atoms with Crippen LogP contribution in [0.3, 0.4) is 0 Å². The van der Waals surface area contributed by atoms with Crippen molar-refractivity contribution in [2.75, 3.05) is 7.11 Å². The van der Waals surface area contributed by atoms with Crippen molar-refractivity contribution >= 4 is 16.3 Å². The van der Waals surface area contributed by atoms with Crippen LogP contribution in [0.5, 0.6) is 5.75 Å². The molecule has 0 radical (unpaired) electrons. The van der Waals surface area contributed by atoms with Crippen LogP contribution in [-0.4, -0.2) is 26.7 Å². The topological polar surface area (TPSA) is 105 Å². The van der Waals surface area contributed by atoms with Crippen molar-refractivity contribution < 1.29 is 23.1 Å². The Labute approximate surface area is 98.6 Å². The van der Waals surface area contributed by atoms with Crippen molar-refractivity contribution in [3.63, 3.8) is 0 Å². The molecule has 0 spiro atoms. The number of hydrogen-bond acceptors (Lipinski definition) is 4. The van der Waals surface area contributed by atoms with E-state index < -0.39 is 16.3 Å². The van der Waals surface area contributed by atoms with Crippen LogP contribution in [0, 0.1) is 0 Å². The molecule has 0 saturated heterocycles. The zero-order chi connectivity index (χ0) is 12.9. The molecular formula is C9H12N2O5S. The molecule has 0 aliphatic heterocycles. The summed E-state index contributed by atoms with van der Waals surface area (Å²) in [4.78, 5) is 10.2. The number of methoxy groups -OCH3 is 1. The summed E-state index contributed by atoms with van der Waals surface area (Å²) in [7, 11) is -2.50. The summed E-state index contributed by atoms with van der Waals surface area (Å²) in [6.07, 6.45) is -1.63. The first-order chi connectivity index (χ1) is 7.93. The largest absolute Gasteiger partial charge is 0.497 e. The average Bonchev–Trinajstić information content (AvgIpc) is 2.25. The highest BCUT2D eigenvalue weighted by Crippen LogP contribution is 2.10. The van der Waals surface area contributed by atoms with Crippen LogP contribution in [0.4, 0.5) is 4.79 Å². The van der Waals surface area contributed by atoms with Crippen LogP contribution in [0.2, 0.25) is 0 Å². The third-order valence-electron chi connectivity index (χ3n) is 1.85. The fraction of sp³-hybridized carbons (Fsp3) is 0.222. The molecule has 0 saturated carbocycles. The number of benzene rings is 1. The maximum atomic E-state index is 11.1. The van der Waals surface area contributed by atoms with E-state index in [4.69, 9.17) is 9.84 Å². The van der Waals surface area contributed by atoms with Gasteiger partial charge in [0.25, 0.3) is 0 Å². The fourth-order valence-electron chi connectivity index (χ4n) is 1.07. The monoisotopic (exact) mass is 260 g/mol. The van der Waals surface area contributed by atoms with Gasteiger partial charge in [-0.1, -0.05) is 12.1 Å². The SMILES string of the molecule is COc1ccc(CNS(=O)(=O)NC(=O)O)cc1. The molecule has 8 heteroatoms. The van der Waals surface area contributed by atoms with Gasteiger partial charge in [0.2, 0.25) is 0 Å². The molecule has 94 valence electrons. The molecule has 7 nitrogen and oxygen atoms in total. The van der Waals surface area contributed by atoms with Gasteiger partial charge < -0.3 is 9.84 Å². The van der Waals surface area contributed by atoms with Crippen LogP contribution >= 0.6 is 0 Å². The van der Waals surface area contributed by atoms with E-state index in [1.807, 2.05) is 0 Å². The Bertz CT molecular complexity index is 483. The molecule has 1 rings (SSSR count). The van der Waals surface area contributed by atoms with Crippen LogP contribution in [0.1, 0.15) is 5.56 Å². The highest BCUT2D eigenvalue weighted by Gasteiger charge is 2.12. The first-order valence-corrected chi connectivity index (χ1v) is 6.04. The van der Waals surface area contributed by atoms with E-state index in [9.17, 15) is 13.2 Å². The third-order valence-corrected chi connectivity index (χ3v) is 2.81. The predicted molar refractivity (Wildman–Crippen MR) is 59.9 cm³/mol. The van der Waals surface area contributed by atoms with Crippen molar-refractivity contribution in [1.29, 1.82) is 0 Å². The summed E-state index contributed by atoms with van der Waals surface area (Å²) >= 11 is 0. The van der Waals surface area contributed by atoms with Gasteiger partial charge >= 0.3 is 16.3 Å². The van der Waals surface area contributed by atoms with Gasteiger partial charge in [0, 0.05) is 6.54 Å². The molecule has 1 aromatic carbocycles. The van der Waals surface area contributed by atoms with Crippen molar-refractivity contribution in [2.45, 2.75) is 6.54 Å². The Balaban J connectivity index is 2.58. The van der Waals surface area contributed by atoms with Gasteiger partial charge in [0.1, 0.15) is 5.75 Å². The first kappa shape index (κ1) is 13.3. The fourth-order valence-corrected chi connectivity index (χ4v) is 1.73. The Hall–Kier alpha value is -1.80. The second-order valence-electron chi connectivity index (χ2n) is 3.08. The van der Waals surface area contributed by atoms with E-state index >= 15 is 0 Å². The van der Waals surface area contributed by atoms with Crippen molar-refractivity contribution in [3.8, 4) is 5.75 Å². The lowest BCUT2D eigenvalue weighted by Gasteiger charge is -2.06. The second kappa shape index (κ2) is 5.51. The van der Waals surface area contributed by atoms with E-state index in [2.05, 4.69) is 4.72 Å². The van der Waals surface area contributed by atoms with E-state index in [0.29, 0.717) is 11.3 Å². The van der Waals surface area contributed by atoms with E-state index in [-0.39, 0.29) is 6.54 Å². The molecule has 1 aromatic rings. The predicted octanol–water partition coefficient (Wildman–Crippen LogP) is 0.297. The number of carboxylic acid groups (broad SMARTS) is 1.